The summed E-state index contributed by atoms with van der Waals surface area (Å²) in [5.74, 6) is 0.636. The van der Waals surface area contributed by atoms with Crippen molar-refractivity contribution in [2.24, 2.45) is 5.10 Å². The summed E-state index contributed by atoms with van der Waals surface area (Å²) in [6, 6.07) is 13.6. The molecule has 0 bridgehead atoms. The number of hydrazone groups is 1. The van der Waals surface area contributed by atoms with Crippen molar-refractivity contribution in [2.75, 3.05) is 5.75 Å². The van der Waals surface area contributed by atoms with E-state index in [0.29, 0.717) is 17.5 Å². The average Bonchev–Trinajstić information content (AvgIpc) is 2.72. The van der Waals surface area contributed by atoms with Gasteiger partial charge < -0.3 is 4.74 Å². The second kappa shape index (κ2) is 11.9. The minimum atomic E-state index is -0.235. The van der Waals surface area contributed by atoms with Crippen LogP contribution in [-0.2, 0) is 11.4 Å². The zero-order chi connectivity index (χ0) is 23.1. The van der Waals surface area contributed by atoms with Crippen molar-refractivity contribution in [2.45, 2.75) is 25.6 Å². The third-order valence-corrected chi connectivity index (χ3v) is 6.57. The highest BCUT2D eigenvalue weighted by molar-refractivity contribution is 9.11. The number of amides is 1. The monoisotopic (exact) mass is 640 g/mol. The van der Waals surface area contributed by atoms with Crippen molar-refractivity contribution in [1.82, 2.24) is 15.4 Å². The van der Waals surface area contributed by atoms with Crippen LogP contribution in [0, 0.1) is 13.8 Å². The molecule has 0 spiro atoms. The Bertz CT molecular complexity index is 1100. The first-order valence-corrected chi connectivity index (χ1v) is 12.8. The van der Waals surface area contributed by atoms with Crippen molar-refractivity contribution in [3.8, 4) is 5.75 Å². The number of aromatic nitrogens is 2. The van der Waals surface area contributed by atoms with Gasteiger partial charge in [-0.1, -0.05) is 39.8 Å². The number of carbonyl (C=O) groups excluding carboxylic acids is 1. The third-order valence-electron chi connectivity index (χ3n) is 4.01. The molecule has 0 aliphatic rings. The van der Waals surface area contributed by atoms with Gasteiger partial charge in [-0.05, 0) is 87.2 Å². The van der Waals surface area contributed by atoms with E-state index in [1.165, 1.54) is 11.8 Å². The van der Waals surface area contributed by atoms with Gasteiger partial charge in [0.2, 0.25) is 0 Å². The minimum absolute atomic E-state index is 0.177. The SMILES string of the molecule is Cc1cc(C)nc(SCC(=O)N/N=C\c2cc(Br)c(OCc3ccc(Br)cc3)c(Br)c2)n1. The second-order valence-electron chi connectivity index (χ2n) is 6.74. The Balaban J connectivity index is 1.53. The van der Waals surface area contributed by atoms with Gasteiger partial charge >= 0.3 is 0 Å². The average molecular weight is 643 g/mol. The number of carbonyl (C=O) groups is 1. The lowest BCUT2D eigenvalue weighted by Gasteiger charge is -2.11. The molecule has 1 aromatic heterocycles. The zero-order valence-electron chi connectivity index (χ0n) is 17.2. The molecule has 32 heavy (non-hydrogen) atoms. The fourth-order valence-corrected chi connectivity index (χ4v) is 5.08. The predicted molar refractivity (Wildman–Crippen MR) is 138 cm³/mol. The van der Waals surface area contributed by atoms with Crippen LogP contribution in [0.5, 0.6) is 5.75 Å². The molecule has 166 valence electrons. The molecule has 0 unspecified atom stereocenters. The molecule has 3 rings (SSSR count). The van der Waals surface area contributed by atoms with Crippen LogP contribution in [0.1, 0.15) is 22.5 Å². The third kappa shape index (κ3) is 7.68. The molecule has 0 saturated carbocycles. The smallest absolute Gasteiger partial charge is 0.250 e. The summed E-state index contributed by atoms with van der Waals surface area (Å²) in [7, 11) is 0. The van der Waals surface area contributed by atoms with E-state index in [9.17, 15) is 4.79 Å². The lowest BCUT2D eigenvalue weighted by Crippen LogP contribution is -2.19. The van der Waals surface area contributed by atoms with Gasteiger partial charge in [0, 0.05) is 15.9 Å². The van der Waals surface area contributed by atoms with Crippen molar-refractivity contribution in [1.29, 1.82) is 0 Å². The van der Waals surface area contributed by atoms with Gasteiger partial charge in [0.25, 0.3) is 5.91 Å². The first-order valence-electron chi connectivity index (χ1n) is 9.43. The molecule has 1 heterocycles. The van der Waals surface area contributed by atoms with Crippen LogP contribution in [0.25, 0.3) is 0 Å². The molecular weight excluding hydrogens is 624 g/mol. The summed E-state index contributed by atoms with van der Waals surface area (Å²) < 4.78 is 8.52. The second-order valence-corrected chi connectivity index (χ2v) is 10.3. The molecule has 0 aliphatic carbocycles. The minimum Gasteiger partial charge on any atom is -0.487 e. The van der Waals surface area contributed by atoms with Gasteiger partial charge in [0.05, 0.1) is 20.9 Å². The summed E-state index contributed by atoms with van der Waals surface area (Å²) in [4.78, 5) is 20.7. The molecule has 6 nitrogen and oxygen atoms in total. The van der Waals surface area contributed by atoms with Crippen LogP contribution in [0.4, 0.5) is 0 Å². The summed E-state index contributed by atoms with van der Waals surface area (Å²) in [5, 5.41) is 4.61. The summed E-state index contributed by atoms with van der Waals surface area (Å²) >= 11 is 11.8. The van der Waals surface area contributed by atoms with E-state index >= 15 is 0 Å². The van der Waals surface area contributed by atoms with E-state index in [-0.39, 0.29) is 11.7 Å². The maximum atomic E-state index is 12.1. The van der Waals surface area contributed by atoms with Crippen LogP contribution < -0.4 is 10.2 Å². The normalized spacial score (nSPS) is 11.0. The Morgan fingerprint density at radius 2 is 1.69 bits per heavy atom. The molecule has 0 atom stereocenters. The number of ether oxygens (including phenoxy) is 1. The van der Waals surface area contributed by atoms with Crippen molar-refractivity contribution >= 4 is 71.7 Å². The van der Waals surface area contributed by atoms with Crippen LogP contribution in [0.2, 0.25) is 0 Å². The molecule has 2 aromatic carbocycles. The lowest BCUT2D eigenvalue weighted by atomic mass is 10.2. The number of hydrogen-bond donors (Lipinski definition) is 1. The highest BCUT2D eigenvalue weighted by Gasteiger charge is 2.10. The van der Waals surface area contributed by atoms with Gasteiger partial charge in [-0.25, -0.2) is 15.4 Å². The number of rotatable bonds is 8. The Labute approximate surface area is 216 Å². The number of halogens is 3. The van der Waals surface area contributed by atoms with Crippen LogP contribution in [0.15, 0.2) is 66.1 Å². The first-order chi connectivity index (χ1) is 15.3. The largest absolute Gasteiger partial charge is 0.487 e. The molecule has 0 radical (unpaired) electrons. The summed E-state index contributed by atoms with van der Waals surface area (Å²) in [6.07, 6.45) is 1.57. The Morgan fingerprint density at radius 1 is 1.06 bits per heavy atom. The maximum absolute atomic E-state index is 12.1. The number of benzene rings is 2. The number of nitrogens with zero attached hydrogens (tertiary/aromatic N) is 3. The van der Waals surface area contributed by atoms with E-state index in [1.807, 2.05) is 56.3 Å². The van der Waals surface area contributed by atoms with E-state index in [0.717, 1.165) is 35.9 Å². The Kier molecular flexibility index (Phi) is 9.27. The number of nitrogens with one attached hydrogen (secondary N) is 1. The van der Waals surface area contributed by atoms with Gasteiger partial charge in [-0.3, -0.25) is 4.79 Å². The number of hydrogen-bond acceptors (Lipinski definition) is 6. The Morgan fingerprint density at radius 3 is 2.31 bits per heavy atom. The quantitative estimate of drug-likeness (QED) is 0.137. The van der Waals surface area contributed by atoms with E-state index in [4.69, 9.17) is 4.74 Å². The predicted octanol–water partition coefficient (Wildman–Crippen LogP) is 6.20. The number of thioether (sulfide) groups is 1. The highest BCUT2D eigenvalue weighted by Crippen LogP contribution is 2.35. The topological polar surface area (TPSA) is 76.5 Å². The lowest BCUT2D eigenvalue weighted by molar-refractivity contribution is -0.118. The molecular formula is C22H19Br3N4O2S. The van der Waals surface area contributed by atoms with Crippen molar-refractivity contribution in [3.63, 3.8) is 0 Å². The standard InChI is InChI=1S/C22H19Br3N4O2S/c1-13-7-14(2)28-22(27-13)32-12-20(30)29-26-10-16-8-18(24)21(19(25)9-16)31-11-15-3-5-17(23)6-4-15/h3-10H,11-12H2,1-2H3,(H,29,30)/b26-10-. The van der Waals surface area contributed by atoms with Gasteiger partial charge in [0.1, 0.15) is 12.4 Å². The van der Waals surface area contributed by atoms with Crippen LogP contribution in [-0.4, -0.2) is 27.8 Å². The van der Waals surface area contributed by atoms with Gasteiger partial charge in [0.15, 0.2) is 5.16 Å². The fraction of sp³-hybridized carbons (Fsp3) is 0.182. The highest BCUT2D eigenvalue weighted by atomic mass is 79.9. The van der Waals surface area contributed by atoms with Crippen molar-refractivity contribution in [3.05, 3.63) is 78.4 Å². The van der Waals surface area contributed by atoms with E-state index in [1.54, 1.807) is 6.21 Å². The molecule has 0 saturated heterocycles. The summed E-state index contributed by atoms with van der Waals surface area (Å²) in [6.45, 7) is 4.24. The van der Waals surface area contributed by atoms with Crippen molar-refractivity contribution < 1.29 is 9.53 Å². The molecule has 3 aromatic rings. The fourth-order valence-electron chi connectivity index (χ4n) is 2.63. The van der Waals surface area contributed by atoms with E-state index in [2.05, 4.69) is 68.3 Å². The molecule has 0 fully saturated rings. The van der Waals surface area contributed by atoms with Gasteiger partial charge in [-0.15, -0.1) is 0 Å². The van der Waals surface area contributed by atoms with Gasteiger partial charge in [-0.2, -0.15) is 5.10 Å². The molecule has 1 amide bonds. The Hall–Kier alpha value is -1.75. The molecule has 1 N–H and O–H groups in total. The zero-order valence-corrected chi connectivity index (χ0v) is 22.8. The summed E-state index contributed by atoms with van der Waals surface area (Å²) in [5.41, 5.74) is 6.13. The number of aryl methyl sites for hydroxylation is 2. The van der Waals surface area contributed by atoms with Crippen LogP contribution in [0.3, 0.4) is 0 Å². The van der Waals surface area contributed by atoms with E-state index < -0.39 is 0 Å². The maximum Gasteiger partial charge on any atom is 0.250 e. The van der Waals surface area contributed by atoms with Crippen LogP contribution >= 0.6 is 59.6 Å². The molecule has 0 aliphatic heterocycles. The molecule has 10 heteroatoms. The first kappa shape index (κ1) is 24.9.